The summed E-state index contributed by atoms with van der Waals surface area (Å²) in [4.78, 5) is 12.4. The minimum Gasteiger partial charge on any atom is -0.493 e. The maximum absolute atomic E-state index is 12.4. The Hall–Kier alpha value is -2.58. The van der Waals surface area contributed by atoms with E-state index in [2.05, 4.69) is 34.6 Å². The molecule has 6 nitrogen and oxygen atoms in total. The van der Waals surface area contributed by atoms with Gasteiger partial charge in [-0.25, -0.2) is 0 Å². The third kappa shape index (κ3) is 4.78. The van der Waals surface area contributed by atoms with E-state index in [4.69, 9.17) is 9.47 Å². The highest BCUT2D eigenvalue weighted by Crippen LogP contribution is 2.30. The number of methoxy groups -OCH3 is 2. The molecule has 0 spiro atoms. The first-order valence-electron chi connectivity index (χ1n) is 8.15. The van der Waals surface area contributed by atoms with Crippen LogP contribution in [0.25, 0.3) is 0 Å². The van der Waals surface area contributed by atoms with Gasteiger partial charge in [0.2, 0.25) is 5.13 Å². The molecule has 0 unspecified atom stereocenters. The fraction of sp³-hybridized carbons (Fsp3) is 0.211. The van der Waals surface area contributed by atoms with E-state index in [1.807, 2.05) is 12.1 Å². The van der Waals surface area contributed by atoms with Gasteiger partial charge in [-0.3, -0.25) is 10.1 Å². The number of ether oxygens (including phenoxy) is 2. The molecule has 0 radical (unpaired) electrons. The van der Waals surface area contributed by atoms with Gasteiger partial charge in [0.25, 0.3) is 5.91 Å². The molecule has 0 bridgehead atoms. The Bertz CT molecular complexity index is 943. The quantitative estimate of drug-likeness (QED) is 0.467. The topological polar surface area (TPSA) is 73.3 Å². The van der Waals surface area contributed by atoms with Crippen LogP contribution >= 0.6 is 23.1 Å². The highest BCUT2D eigenvalue weighted by Gasteiger charge is 2.13. The second kappa shape index (κ2) is 8.88. The molecule has 1 N–H and O–H groups in total. The fourth-order valence-electron chi connectivity index (χ4n) is 2.38. The first kappa shape index (κ1) is 19.2. The zero-order chi connectivity index (χ0) is 19.2. The number of carbonyl (C=O) groups is 1. The van der Waals surface area contributed by atoms with Gasteiger partial charge in [0.1, 0.15) is 0 Å². The number of amides is 1. The maximum atomic E-state index is 12.4. The smallest absolute Gasteiger partial charge is 0.257 e. The second-order valence-corrected chi connectivity index (χ2v) is 7.81. The van der Waals surface area contributed by atoms with Crippen LogP contribution in [0.2, 0.25) is 0 Å². The summed E-state index contributed by atoms with van der Waals surface area (Å²) in [6, 6.07) is 13.2. The van der Waals surface area contributed by atoms with Gasteiger partial charge in [-0.05, 0) is 36.2 Å². The Balaban J connectivity index is 1.63. The van der Waals surface area contributed by atoms with Gasteiger partial charge in [-0.2, -0.15) is 0 Å². The predicted octanol–water partition coefficient (Wildman–Crippen LogP) is 4.41. The van der Waals surface area contributed by atoms with Crippen molar-refractivity contribution in [2.75, 3.05) is 19.5 Å². The lowest BCUT2D eigenvalue weighted by Gasteiger charge is -2.08. The van der Waals surface area contributed by atoms with Crippen molar-refractivity contribution >= 4 is 34.1 Å². The summed E-state index contributed by atoms with van der Waals surface area (Å²) in [6.07, 6.45) is 0. The van der Waals surface area contributed by atoms with Gasteiger partial charge < -0.3 is 9.47 Å². The minimum absolute atomic E-state index is 0.275. The molecule has 27 heavy (non-hydrogen) atoms. The molecule has 0 atom stereocenters. The Labute approximate surface area is 165 Å². The van der Waals surface area contributed by atoms with E-state index in [0.29, 0.717) is 22.2 Å². The zero-order valence-electron chi connectivity index (χ0n) is 15.2. The van der Waals surface area contributed by atoms with Crippen LogP contribution in [0.1, 0.15) is 21.5 Å². The molecule has 3 rings (SSSR count). The van der Waals surface area contributed by atoms with E-state index in [1.54, 1.807) is 37.1 Å². The molecule has 1 heterocycles. The molecule has 0 aliphatic heterocycles. The number of hydrogen-bond acceptors (Lipinski definition) is 7. The summed E-state index contributed by atoms with van der Waals surface area (Å²) in [7, 11) is 3.08. The molecular weight excluding hydrogens is 382 g/mol. The average Bonchev–Trinajstić information content (AvgIpc) is 3.14. The van der Waals surface area contributed by atoms with E-state index in [-0.39, 0.29) is 5.91 Å². The van der Waals surface area contributed by atoms with E-state index in [9.17, 15) is 4.79 Å². The summed E-state index contributed by atoms with van der Waals surface area (Å²) in [6.45, 7) is 2.09. The normalized spacial score (nSPS) is 10.5. The minimum atomic E-state index is -0.275. The molecule has 0 aliphatic rings. The Kier molecular flexibility index (Phi) is 6.31. The van der Waals surface area contributed by atoms with Crippen LogP contribution in [0, 0.1) is 6.92 Å². The molecule has 2 aromatic carbocycles. The fourth-order valence-corrected chi connectivity index (χ4v) is 4.20. The van der Waals surface area contributed by atoms with Crippen LogP contribution in [0.3, 0.4) is 0 Å². The summed E-state index contributed by atoms with van der Waals surface area (Å²) in [5.41, 5.74) is 2.96. The summed E-state index contributed by atoms with van der Waals surface area (Å²) in [5, 5.41) is 11.4. The van der Waals surface area contributed by atoms with E-state index in [1.165, 1.54) is 29.6 Å². The van der Waals surface area contributed by atoms with Crippen LogP contribution in [0.15, 0.2) is 46.8 Å². The maximum Gasteiger partial charge on any atom is 0.257 e. The predicted molar refractivity (Wildman–Crippen MR) is 108 cm³/mol. The number of rotatable bonds is 7. The van der Waals surface area contributed by atoms with Gasteiger partial charge >= 0.3 is 0 Å². The molecular formula is C19H19N3O3S2. The molecule has 3 aromatic rings. The van der Waals surface area contributed by atoms with Crippen molar-refractivity contribution in [1.82, 2.24) is 10.2 Å². The second-order valence-electron chi connectivity index (χ2n) is 5.61. The van der Waals surface area contributed by atoms with Crippen LogP contribution in [0.4, 0.5) is 5.13 Å². The number of nitrogens with zero attached hydrogens (tertiary/aromatic N) is 2. The number of thioether (sulfide) groups is 1. The highest BCUT2D eigenvalue weighted by molar-refractivity contribution is 8.00. The number of anilines is 1. The SMILES string of the molecule is COc1ccc(C(=O)Nc2nnc(SCc3ccccc3C)s2)cc1OC. The van der Waals surface area contributed by atoms with Gasteiger partial charge in [0, 0.05) is 11.3 Å². The molecule has 140 valence electrons. The van der Waals surface area contributed by atoms with Crippen LogP contribution in [-0.4, -0.2) is 30.3 Å². The molecule has 0 saturated carbocycles. The molecule has 0 saturated heterocycles. The standard InChI is InChI=1S/C19H19N3O3S2/c1-12-6-4-5-7-14(12)11-26-19-22-21-18(27-19)20-17(23)13-8-9-15(24-2)16(10-13)25-3/h4-10H,11H2,1-3H3,(H,20,21,23). The van der Waals surface area contributed by atoms with Crippen molar-refractivity contribution in [2.24, 2.45) is 0 Å². The number of aromatic nitrogens is 2. The summed E-state index contributed by atoms with van der Waals surface area (Å²) < 4.78 is 11.2. The number of nitrogens with one attached hydrogen (secondary N) is 1. The monoisotopic (exact) mass is 401 g/mol. The lowest BCUT2D eigenvalue weighted by molar-refractivity contribution is 0.102. The van der Waals surface area contributed by atoms with E-state index in [0.717, 1.165) is 10.1 Å². The summed E-state index contributed by atoms with van der Waals surface area (Å²) in [5.74, 6) is 1.60. The van der Waals surface area contributed by atoms with Gasteiger partial charge in [-0.15, -0.1) is 10.2 Å². The molecule has 1 aromatic heterocycles. The Morgan fingerprint density at radius 1 is 1.11 bits per heavy atom. The van der Waals surface area contributed by atoms with Crippen LogP contribution in [0.5, 0.6) is 11.5 Å². The third-order valence-electron chi connectivity index (χ3n) is 3.89. The van der Waals surface area contributed by atoms with Gasteiger partial charge in [0.15, 0.2) is 15.8 Å². The lowest BCUT2D eigenvalue weighted by atomic mass is 10.1. The van der Waals surface area contributed by atoms with Crippen molar-refractivity contribution in [1.29, 1.82) is 0 Å². The van der Waals surface area contributed by atoms with E-state index >= 15 is 0 Å². The number of hydrogen-bond donors (Lipinski definition) is 1. The average molecular weight is 402 g/mol. The highest BCUT2D eigenvalue weighted by atomic mass is 32.2. The third-order valence-corrected chi connectivity index (χ3v) is 5.91. The van der Waals surface area contributed by atoms with Gasteiger partial charge in [0.05, 0.1) is 14.2 Å². The number of benzene rings is 2. The largest absolute Gasteiger partial charge is 0.493 e. The van der Waals surface area contributed by atoms with Gasteiger partial charge in [-0.1, -0.05) is 47.4 Å². The number of aryl methyl sites for hydroxylation is 1. The van der Waals surface area contributed by atoms with E-state index < -0.39 is 0 Å². The Morgan fingerprint density at radius 3 is 2.63 bits per heavy atom. The first-order valence-corrected chi connectivity index (χ1v) is 9.95. The lowest BCUT2D eigenvalue weighted by Crippen LogP contribution is -2.11. The zero-order valence-corrected chi connectivity index (χ0v) is 16.8. The van der Waals surface area contributed by atoms with Crippen molar-refractivity contribution in [3.8, 4) is 11.5 Å². The molecule has 1 amide bonds. The van der Waals surface area contributed by atoms with Crippen molar-refractivity contribution in [3.63, 3.8) is 0 Å². The summed E-state index contributed by atoms with van der Waals surface area (Å²) >= 11 is 2.95. The molecule has 0 fully saturated rings. The first-order chi connectivity index (χ1) is 13.1. The van der Waals surface area contributed by atoms with Crippen molar-refractivity contribution in [3.05, 3.63) is 59.2 Å². The van der Waals surface area contributed by atoms with Crippen molar-refractivity contribution in [2.45, 2.75) is 17.0 Å². The Morgan fingerprint density at radius 2 is 1.89 bits per heavy atom. The molecule has 0 aliphatic carbocycles. The number of carbonyl (C=O) groups excluding carboxylic acids is 1. The molecule has 8 heteroatoms. The van der Waals surface area contributed by atoms with Crippen molar-refractivity contribution < 1.29 is 14.3 Å². The van der Waals surface area contributed by atoms with Crippen LogP contribution in [-0.2, 0) is 5.75 Å². The van der Waals surface area contributed by atoms with Crippen LogP contribution < -0.4 is 14.8 Å².